The number of fused-ring (bicyclic) bond motifs is 1. The number of nitrogens with one attached hydrogen (secondary N) is 1. The van der Waals surface area contributed by atoms with Crippen molar-refractivity contribution in [1.82, 2.24) is 9.55 Å². The third-order valence-corrected chi connectivity index (χ3v) is 6.69. The van der Waals surface area contributed by atoms with Crippen LogP contribution in [0.2, 0.25) is 0 Å². The molecule has 1 saturated heterocycles. The summed E-state index contributed by atoms with van der Waals surface area (Å²) in [6.07, 6.45) is 1.51. The molecule has 2 heterocycles. The fourth-order valence-electron chi connectivity index (χ4n) is 3.53. The van der Waals surface area contributed by atoms with E-state index in [1.54, 1.807) is 24.3 Å². The minimum Gasteiger partial charge on any atom is -0.310 e. The van der Waals surface area contributed by atoms with E-state index in [1.807, 2.05) is 28.8 Å². The van der Waals surface area contributed by atoms with Gasteiger partial charge in [0.2, 0.25) is 16.0 Å². The van der Waals surface area contributed by atoms with Gasteiger partial charge >= 0.3 is 0 Å². The molecule has 1 aliphatic rings. The molecule has 0 bridgehead atoms. The lowest BCUT2D eigenvalue weighted by Gasteiger charge is -2.17. The SMILES string of the molecule is CCCn1c(NC(=O)c2cccc(N3CCCS3(=O)=O)c2)nc2ccccc21. The first-order valence-electron chi connectivity index (χ1n) is 9.37. The molecular formula is C20H22N4O3S. The summed E-state index contributed by atoms with van der Waals surface area (Å²) < 4.78 is 27.7. The quantitative estimate of drug-likeness (QED) is 0.715. The van der Waals surface area contributed by atoms with E-state index in [4.69, 9.17) is 0 Å². The molecule has 2 aromatic carbocycles. The van der Waals surface area contributed by atoms with Crippen LogP contribution in [-0.4, -0.2) is 36.2 Å². The topological polar surface area (TPSA) is 84.3 Å². The van der Waals surface area contributed by atoms with Crippen molar-refractivity contribution in [2.24, 2.45) is 0 Å². The summed E-state index contributed by atoms with van der Waals surface area (Å²) in [4.78, 5) is 17.4. The third kappa shape index (κ3) is 3.35. The van der Waals surface area contributed by atoms with Gasteiger partial charge in [0, 0.05) is 18.7 Å². The number of aryl methyl sites for hydroxylation is 1. The van der Waals surface area contributed by atoms with Gasteiger partial charge in [-0.2, -0.15) is 0 Å². The molecule has 0 unspecified atom stereocenters. The highest BCUT2D eigenvalue weighted by Crippen LogP contribution is 2.25. The maximum atomic E-state index is 12.8. The molecule has 1 aromatic heterocycles. The standard InChI is InChI=1S/C20H22N4O3S/c1-2-11-23-18-10-4-3-9-17(18)21-20(23)22-19(25)15-7-5-8-16(14-15)24-12-6-13-28(24,26)27/h3-5,7-10,14H,2,6,11-13H2,1H3,(H,21,22,25). The van der Waals surface area contributed by atoms with Crippen molar-refractivity contribution >= 4 is 38.6 Å². The lowest BCUT2D eigenvalue weighted by atomic mass is 10.2. The summed E-state index contributed by atoms with van der Waals surface area (Å²) in [6, 6.07) is 14.5. The predicted octanol–water partition coefficient (Wildman–Crippen LogP) is 3.24. The van der Waals surface area contributed by atoms with Crippen LogP contribution in [0, 0.1) is 0 Å². The van der Waals surface area contributed by atoms with E-state index in [0.29, 0.717) is 30.2 Å². The van der Waals surface area contributed by atoms with E-state index in [-0.39, 0.29) is 11.7 Å². The molecule has 0 radical (unpaired) electrons. The van der Waals surface area contributed by atoms with E-state index >= 15 is 0 Å². The first-order chi connectivity index (χ1) is 13.5. The molecule has 1 N–H and O–H groups in total. The zero-order valence-electron chi connectivity index (χ0n) is 15.6. The Labute approximate surface area is 164 Å². The molecule has 0 spiro atoms. The van der Waals surface area contributed by atoms with Crippen molar-refractivity contribution in [3.8, 4) is 0 Å². The number of hydrogen-bond acceptors (Lipinski definition) is 4. The van der Waals surface area contributed by atoms with Crippen LogP contribution in [0.5, 0.6) is 0 Å². The second kappa shape index (κ2) is 7.27. The van der Waals surface area contributed by atoms with Gasteiger partial charge in [-0.3, -0.25) is 14.4 Å². The van der Waals surface area contributed by atoms with Crippen LogP contribution < -0.4 is 9.62 Å². The summed E-state index contributed by atoms with van der Waals surface area (Å²) in [6.45, 7) is 3.25. The van der Waals surface area contributed by atoms with E-state index in [2.05, 4.69) is 17.2 Å². The lowest BCUT2D eigenvalue weighted by molar-refractivity contribution is 0.102. The van der Waals surface area contributed by atoms with Gasteiger partial charge in [0.1, 0.15) is 0 Å². The molecule has 0 atom stereocenters. The predicted molar refractivity (Wildman–Crippen MR) is 110 cm³/mol. The van der Waals surface area contributed by atoms with Gasteiger partial charge in [0.15, 0.2) is 0 Å². The summed E-state index contributed by atoms with van der Waals surface area (Å²) in [5, 5.41) is 2.88. The molecule has 8 heteroatoms. The van der Waals surface area contributed by atoms with Crippen LogP contribution in [0.15, 0.2) is 48.5 Å². The van der Waals surface area contributed by atoms with Crippen molar-refractivity contribution in [3.63, 3.8) is 0 Å². The second-order valence-corrected chi connectivity index (χ2v) is 8.83. The highest BCUT2D eigenvalue weighted by Gasteiger charge is 2.28. The number of benzene rings is 2. The number of sulfonamides is 1. The molecule has 7 nitrogen and oxygen atoms in total. The van der Waals surface area contributed by atoms with E-state index in [0.717, 1.165) is 24.0 Å². The molecule has 146 valence electrons. The van der Waals surface area contributed by atoms with E-state index in [1.165, 1.54) is 4.31 Å². The zero-order valence-corrected chi connectivity index (χ0v) is 16.4. The largest absolute Gasteiger partial charge is 0.310 e. The molecule has 28 heavy (non-hydrogen) atoms. The number of amides is 1. The number of imidazole rings is 1. The molecule has 4 rings (SSSR count). The highest BCUT2D eigenvalue weighted by molar-refractivity contribution is 7.93. The van der Waals surface area contributed by atoms with Gasteiger partial charge in [-0.25, -0.2) is 13.4 Å². The zero-order chi connectivity index (χ0) is 19.7. The molecule has 1 fully saturated rings. The minimum absolute atomic E-state index is 0.143. The van der Waals surface area contributed by atoms with Crippen LogP contribution >= 0.6 is 0 Å². The van der Waals surface area contributed by atoms with Gasteiger partial charge in [-0.05, 0) is 43.2 Å². The van der Waals surface area contributed by atoms with E-state index < -0.39 is 10.0 Å². The fraction of sp³-hybridized carbons (Fsp3) is 0.300. The summed E-state index contributed by atoms with van der Waals surface area (Å²) in [5.74, 6) is 0.322. The number of aromatic nitrogens is 2. The van der Waals surface area contributed by atoms with Gasteiger partial charge < -0.3 is 4.57 Å². The Bertz CT molecular complexity index is 1140. The maximum Gasteiger partial charge on any atom is 0.258 e. The van der Waals surface area contributed by atoms with Gasteiger partial charge in [0.05, 0.1) is 22.5 Å². The number of nitrogens with zero attached hydrogens (tertiary/aromatic N) is 3. The van der Waals surface area contributed by atoms with Crippen LogP contribution in [0.1, 0.15) is 30.1 Å². The van der Waals surface area contributed by atoms with Crippen molar-refractivity contribution in [3.05, 3.63) is 54.1 Å². The Morgan fingerprint density at radius 2 is 2.00 bits per heavy atom. The van der Waals surface area contributed by atoms with Gasteiger partial charge in [-0.15, -0.1) is 0 Å². The van der Waals surface area contributed by atoms with Crippen LogP contribution in [0.3, 0.4) is 0 Å². The lowest BCUT2D eigenvalue weighted by Crippen LogP contribution is -2.25. The van der Waals surface area contributed by atoms with Crippen LogP contribution in [-0.2, 0) is 16.6 Å². The van der Waals surface area contributed by atoms with Crippen LogP contribution in [0.25, 0.3) is 11.0 Å². The molecule has 0 saturated carbocycles. The third-order valence-electron chi connectivity index (χ3n) is 4.82. The number of carbonyl (C=O) groups is 1. The van der Waals surface area contributed by atoms with Gasteiger partial charge in [0.25, 0.3) is 5.91 Å². The Morgan fingerprint density at radius 1 is 1.18 bits per heavy atom. The van der Waals surface area contributed by atoms with Crippen molar-refractivity contribution in [2.45, 2.75) is 26.3 Å². The number of hydrogen-bond donors (Lipinski definition) is 1. The molecule has 3 aromatic rings. The first-order valence-corrected chi connectivity index (χ1v) is 11.0. The number of rotatable bonds is 5. The average molecular weight is 398 g/mol. The molecule has 1 aliphatic heterocycles. The number of anilines is 2. The Balaban J connectivity index is 1.64. The maximum absolute atomic E-state index is 12.8. The van der Waals surface area contributed by atoms with E-state index in [9.17, 15) is 13.2 Å². The Morgan fingerprint density at radius 3 is 2.75 bits per heavy atom. The van der Waals surface area contributed by atoms with Crippen LogP contribution in [0.4, 0.5) is 11.6 Å². The van der Waals surface area contributed by atoms with Crippen molar-refractivity contribution in [2.75, 3.05) is 21.9 Å². The Kier molecular flexibility index (Phi) is 4.80. The van der Waals surface area contributed by atoms with Gasteiger partial charge in [-0.1, -0.05) is 25.1 Å². The Hall–Kier alpha value is -2.87. The molecule has 0 aliphatic carbocycles. The smallest absolute Gasteiger partial charge is 0.258 e. The molecule has 1 amide bonds. The van der Waals surface area contributed by atoms with Crippen molar-refractivity contribution < 1.29 is 13.2 Å². The number of para-hydroxylation sites is 2. The fourth-order valence-corrected chi connectivity index (χ4v) is 5.08. The monoisotopic (exact) mass is 398 g/mol. The molecular weight excluding hydrogens is 376 g/mol. The minimum atomic E-state index is -3.29. The summed E-state index contributed by atoms with van der Waals surface area (Å²) in [5.41, 5.74) is 2.71. The average Bonchev–Trinajstić information content (AvgIpc) is 3.22. The van der Waals surface area contributed by atoms with Crippen molar-refractivity contribution in [1.29, 1.82) is 0 Å². The normalized spacial score (nSPS) is 15.8. The highest BCUT2D eigenvalue weighted by atomic mass is 32.2. The first kappa shape index (κ1) is 18.5. The summed E-state index contributed by atoms with van der Waals surface area (Å²) in [7, 11) is -3.29. The number of carbonyl (C=O) groups excluding carboxylic acids is 1. The second-order valence-electron chi connectivity index (χ2n) is 6.82. The summed E-state index contributed by atoms with van der Waals surface area (Å²) >= 11 is 0.